The van der Waals surface area contributed by atoms with Crippen LogP contribution >= 0.6 is 0 Å². The molecule has 0 amide bonds. The molecule has 0 N–H and O–H groups in total. The van der Waals surface area contributed by atoms with Crippen molar-refractivity contribution in [2.24, 2.45) is 11.8 Å². The smallest absolute Gasteiger partial charge is 0.135 e. The number of ether oxygens (including phenoxy) is 1. The van der Waals surface area contributed by atoms with Gasteiger partial charge in [-0.25, -0.2) is 0 Å². The van der Waals surface area contributed by atoms with E-state index in [0.717, 1.165) is 37.9 Å². The Labute approximate surface area is 110 Å². The highest BCUT2D eigenvalue weighted by Crippen LogP contribution is 2.29. The van der Waals surface area contributed by atoms with E-state index >= 15 is 0 Å². The Kier molecular flexibility index (Phi) is 5.03. The third kappa shape index (κ3) is 3.47. The molecule has 2 aliphatic carbocycles. The number of Topliss-reactive ketones (excluding diaryl/α,β-unsaturated/α-hetero) is 1. The molecule has 0 heterocycles. The van der Waals surface area contributed by atoms with Crippen LogP contribution in [0.5, 0.6) is 0 Å². The molecular weight excluding hydrogens is 224 g/mol. The lowest BCUT2D eigenvalue weighted by molar-refractivity contribution is -0.124. The molecule has 1 atom stereocenters. The van der Waals surface area contributed by atoms with Gasteiger partial charge in [0, 0.05) is 18.3 Å². The Morgan fingerprint density at radius 1 is 1.33 bits per heavy atom. The SMILES string of the molecule is COC1=CC=CCC1CCC(=O)C1CCCCC1. The second-order valence-corrected chi connectivity index (χ2v) is 5.47. The summed E-state index contributed by atoms with van der Waals surface area (Å²) >= 11 is 0. The highest BCUT2D eigenvalue weighted by atomic mass is 16.5. The first-order valence-corrected chi connectivity index (χ1v) is 7.24. The van der Waals surface area contributed by atoms with Gasteiger partial charge in [0.1, 0.15) is 5.78 Å². The van der Waals surface area contributed by atoms with Crippen molar-refractivity contribution in [2.75, 3.05) is 7.11 Å². The largest absolute Gasteiger partial charge is 0.501 e. The monoisotopic (exact) mass is 248 g/mol. The first kappa shape index (κ1) is 13.4. The van der Waals surface area contributed by atoms with Crippen molar-refractivity contribution >= 4 is 5.78 Å². The van der Waals surface area contributed by atoms with Crippen LogP contribution in [0.4, 0.5) is 0 Å². The summed E-state index contributed by atoms with van der Waals surface area (Å²) in [6.07, 6.45) is 15.0. The molecule has 2 heteroatoms. The van der Waals surface area contributed by atoms with E-state index in [9.17, 15) is 4.79 Å². The average Bonchev–Trinajstić information content (AvgIpc) is 2.46. The van der Waals surface area contributed by atoms with Crippen LogP contribution in [0.3, 0.4) is 0 Å². The minimum absolute atomic E-state index is 0.354. The van der Waals surface area contributed by atoms with Gasteiger partial charge >= 0.3 is 0 Å². The second-order valence-electron chi connectivity index (χ2n) is 5.47. The van der Waals surface area contributed by atoms with Gasteiger partial charge in [-0.05, 0) is 31.8 Å². The number of carbonyl (C=O) groups is 1. The fraction of sp³-hybridized carbons (Fsp3) is 0.688. The summed E-state index contributed by atoms with van der Waals surface area (Å²) in [7, 11) is 1.72. The van der Waals surface area contributed by atoms with E-state index < -0.39 is 0 Å². The number of ketones is 1. The summed E-state index contributed by atoms with van der Waals surface area (Å²) in [5, 5.41) is 0. The fourth-order valence-electron chi connectivity index (χ4n) is 3.10. The third-order valence-corrected chi connectivity index (χ3v) is 4.25. The van der Waals surface area contributed by atoms with Crippen LogP contribution in [-0.4, -0.2) is 12.9 Å². The van der Waals surface area contributed by atoms with Crippen LogP contribution in [-0.2, 0) is 9.53 Å². The molecule has 0 spiro atoms. The van der Waals surface area contributed by atoms with E-state index in [2.05, 4.69) is 6.08 Å². The summed E-state index contributed by atoms with van der Waals surface area (Å²) in [6.45, 7) is 0. The molecule has 2 nitrogen and oxygen atoms in total. The Morgan fingerprint density at radius 2 is 2.11 bits per heavy atom. The fourth-order valence-corrected chi connectivity index (χ4v) is 3.10. The minimum atomic E-state index is 0.354. The Bertz CT molecular complexity index is 335. The van der Waals surface area contributed by atoms with Gasteiger partial charge in [-0.15, -0.1) is 0 Å². The molecule has 0 aromatic carbocycles. The standard InChI is InChI=1S/C16H24O2/c1-18-16-10-6-5-9-14(16)11-12-15(17)13-7-3-2-4-8-13/h5-6,10,13-14H,2-4,7-9,11-12H2,1H3. The molecule has 0 saturated heterocycles. The van der Waals surface area contributed by atoms with Crippen molar-refractivity contribution in [1.29, 1.82) is 0 Å². The number of hydrogen-bond donors (Lipinski definition) is 0. The molecule has 0 radical (unpaired) electrons. The third-order valence-electron chi connectivity index (χ3n) is 4.25. The quantitative estimate of drug-likeness (QED) is 0.734. The zero-order chi connectivity index (χ0) is 12.8. The van der Waals surface area contributed by atoms with Crippen LogP contribution < -0.4 is 0 Å². The van der Waals surface area contributed by atoms with Gasteiger partial charge in [-0.2, -0.15) is 0 Å². The molecule has 2 aliphatic rings. The molecule has 0 aromatic heterocycles. The zero-order valence-electron chi connectivity index (χ0n) is 11.4. The first-order valence-electron chi connectivity index (χ1n) is 7.24. The van der Waals surface area contributed by atoms with Crippen molar-refractivity contribution in [3.05, 3.63) is 24.0 Å². The van der Waals surface area contributed by atoms with Crippen molar-refractivity contribution in [2.45, 2.75) is 51.4 Å². The van der Waals surface area contributed by atoms with Crippen LogP contribution in [0, 0.1) is 11.8 Å². The van der Waals surface area contributed by atoms with Gasteiger partial charge in [0.05, 0.1) is 12.9 Å². The molecule has 0 aromatic rings. The van der Waals surface area contributed by atoms with Gasteiger partial charge in [0.15, 0.2) is 0 Å². The molecule has 1 fully saturated rings. The maximum atomic E-state index is 12.2. The lowest BCUT2D eigenvalue weighted by Crippen LogP contribution is -2.19. The summed E-state index contributed by atoms with van der Waals surface area (Å²) in [4.78, 5) is 12.2. The predicted molar refractivity (Wildman–Crippen MR) is 73.2 cm³/mol. The molecular formula is C16H24O2. The molecule has 18 heavy (non-hydrogen) atoms. The molecule has 100 valence electrons. The van der Waals surface area contributed by atoms with Gasteiger partial charge in [-0.1, -0.05) is 31.4 Å². The molecule has 1 unspecified atom stereocenters. The highest BCUT2D eigenvalue weighted by Gasteiger charge is 2.23. The van der Waals surface area contributed by atoms with Crippen molar-refractivity contribution in [3.8, 4) is 0 Å². The number of methoxy groups -OCH3 is 1. The molecule has 0 bridgehead atoms. The lowest BCUT2D eigenvalue weighted by Gasteiger charge is -2.23. The van der Waals surface area contributed by atoms with Crippen molar-refractivity contribution in [1.82, 2.24) is 0 Å². The van der Waals surface area contributed by atoms with E-state index in [4.69, 9.17) is 4.74 Å². The van der Waals surface area contributed by atoms with E-state index in [1.165, 1.54) is 19.3 Å². The van der Waals surface area contributed by atoms with Crippen LogP contribution in [0.2, 0.25) is 0 Å². The highest BCUT2D eigenvalue weighted by molar-refractivity contribution is 5.81. The summed E-state index contributed by atoms with van der Waals surface area (Å²) < 4.78 is 5.38. The van der Waals surface area contributed by atoms with Crippen molar-refractivity contribution < 1.29 is 9.53 Å². The van der Waals surface area contributed by atoms with Gasteiger partial charge in [0.25, 0.3) is 0 Å². The molecule has 2 rings (SSSR count). The van der Waals surface area contributed by atoms with E-state index in [1.54, 1.807) is 7.11 Å². The van der Waals surface area contributed by atoms with Crippen LogP contribution in [0.25, 0.3) is 0 Å². The van der Waals surface area contributed by atoms with Crippen LogP contribution in [0.1, 0.15) is 51.4 Å². The van der Waals surface area contributed by atoms with Gasteiger partial charge in [0.2, 0.25) is 0 Å². The maximum Gasteiger partial charge on any atom is 0.135 e. The van der Waals surface area contributed by atoms with E-state index in [-0.39, 0.29) is 0 Å². The number of rotatable bonds is 5. The average molecular weight is 248 g/mol. The second kappa shape index (κ2) is 6.77. The molecule has 0 aliphatic heterocycles. The maximum absolute atomic E-state index is 12.2. The normalized spacial score (nSPS) is 24.7. The van der Waals surface area contributed by atoms with E-state index in [0.29, 0.717) is 17.6 Å². The van der Waals surface area contributed by atoms with E-state index in [1.807, 2.05) is 12.2 Å². The zero-order valence-corrected chi connectivity index (χ0v) is 11.4. The van der Waals surface area contributed by atoms with Crippen molar-refractivity contribution in [3.63, 3.8) is 0 Å². The molecule has 1 saturated carbocycles. The predicted octanol–water partition coefficient (Wildman–Crippen LogP) is 4.02. The summed E-state index contributed by atoms with van der Waals surface area (Å²) in [5.74, 6) is 2.29. The number of hydrogen-bond acceptors (Lipinski definition) is 2. The lowest BCUT2D eigenvalue weighted by atomic mass is 9.83. The van der Waals surface area contributed by atoms with Crippen LogP contribution in [0.15, 0.2) is 24.0 Å². The van der Waals surface area contributed by atoms with Gasteiger partial charge < -0.3 is 4.74 Å². The Hall–Kier alpha value is -1.05. The minimum Gasteiger partial charge on any atom is -0.501 e. The number of carbonyl (C=O) groups excluding carboxylic acids is 1. The summed E-state index contributed by atoms with van der Waals surface area (Å²) in [6, 6.07) is 0. The Balaban J connectivity index is 1.78. The number of allylic oxidation sites excluding steroid dienone is 4. The van der Waals surface area contributed by atoms with Gasteiger partial charge in [-0.3, -0.25) is 4.79 Å². The Morgan fingerprint density at radius 3 is 2.83 bits per heavy atom. The first-order chi connectivity index (χ1) is 8.81. The topological polar surface area (TPSA) is 26.3 Å². The summed E-state index contributed by atoms with van der Waals surface area (Å²) in [5.41, 5.74) is 0.